The predicted octanol–water partition coefficient (Wildman–Crippen LogP) is 4.23. The van der Waals surface area contributed by atoms with Gasteiger partial charge in [-0.3, -0.25) is 9.52 Å². The highest BCUT2D eigenvalue weighted by Gasteiger charge is 2.31. The van der Waals surface area contributed by atoms with Crippen LogP contribution in [0.3, 0.4) is 0 Å². The van der Waals surface area contributed by atoms with E-state index in [1.165, 1.54) is 0 Å². The van der Waals surface area contributed by atoms with Gasteiger partial charge in [0.25, 0.3) is 15.9 Å². The summed E-state index contributed by atoms with van der Waals surface area (Å²) < 4.78 is 29.6. The molecule has 4 rings (SSSR count). The fourth-order valence-corrected chi connectivity index (χ4v) is 4.92. The summed E-state index contributed by atoms with van der Waals surface area (Å²) in [6.07, 6.45) is 0. The number of rotatable bonds is 4. The molecule has 0 atom stereocenters. The Balaban J connectivity index is 1.87. The Morgan fingerprint density at radius 3 is 2.46 bits per heavy atom. The second-order valence-electron chi connectivity index (χ2n) is 5.97. The number of anilines is 2. The summed E-state index contributed by atoms with van der Waals surface area (Å²) in [5.74, 6) is -0.0896. The largest absolute Gasteiger partial charge is 0.308 e. The van der Waals surface area contributed by atoms with Crippen LogP contribution in [0.5, 0.6) is 0 Å². The van der Waals surface area contributed by atoms with Crippen molar-refractivity contribution in [2.75, 3.05) is 16.2 Å². The lowest BCUT2D eigenvalue weighted by Crippen LogP contribution is -2.25. The van der Waals surface area contributed by atoms with Crippen molar-refractivity contribution in [1.29, 1.82) is 0 Å². The van der Waals surface area contributed by atoms with Gasteiger partial charge in [0.05, 0.1) is 10.6 Å². The molecule has 5 nitrogen and oxygen atoms in total. The Hall–Kier alpha value is -2.13. The fraction of sp³-hybridized carbons (Fsp3) is 0.105. The van der Waals surface area contributed by atoms with Gasteiger partial charge in [-0.05, 0) is 72.0 Å². The second-order valence-corrected chi connectivity index (χ2v) is 8.87. The SMILES string of the molecule is CCN1C(=O)c2cccc3c(S(=O)(=O)Nc4ccc(I)cc4)ccc1c23. The van der Waals surface area contributed by atoms with Crippen molar-refractivity contribution in [3.8, 4) is 0 Å². The van der Waals surface area contributed by atoms with E-state index in [0.29, 0.717) is 28.6 Å². The van der Waals surface area contributed by atoms with Gasteiger partial charge in [-0.25, -0.2) is 8.42 Å². The summed E-state index contributed by atoms with van der Waals surface area (Å²) >= 11 is 2.16. The molecule has 1 heterocycles. The van der Waals surface area contributed by atoms with E-state index in [-0.39, 0.29) is 10.8 Å². The first-order valence-corrected chi connectivity index (χ1v) is 10.6. The van der Waals surface area contributed by atoms with E-state index in [2.05, 4.69) is 27.3 Å². The van der Waals surface area contributed by atoms with E-state index in [4.69, 9.17) is 0 Å². The zero-order valence-corrected chi connectivity index (χ0v) is 16.8. The van der Waals surface area contributed by atoms with E-state index >= 15 is 0 Å². The molecule has 132 valence electrons. The van der Waals surface area contributed by atoms with Gasteiger partial charge in [0, 0.05) is 32.1 Å². The van der Waals surface area contributed by atoms with Crippen molar-refractivity contribution < 1.29 is 13.2 Å². The van der Waals surface area contributed by atoms with Crippen LogP contribution >= 0.6 is 22.6 Å². The summed E-state index contributed by atoms with van der Waals surface area (Å²) in [4.78, 5) is 14.4. The first-order chi connectivity index (χ1) is 12.4. The summed E-state index contributed by atoms with van der Waals surface area (Å²) in [6, 6.07) is 15.6. The zero-order chi connectivity index (χ0) is 18.5. The lowest BCUT2D eigenvalue weighted by Gasteiger charge is -2.16. The van der Waals surface area contributed by atoms with Crippen LogP contribution in [0.25, 0.3) is 10.8 Å². The third-order valence-corrected chi connectivity index (χ3v) is 6.61. The Kier molecular flexibility index (Phi) is 4.15. The number of halogens is 1. The first-order valence-electron chi connectivity index (χ1n) is 8.08. The molecule has 0 bridgehead atoms. The van der Waals surface area contributed by atoms with E-state index < -0.39 is 10.0 Å². The molecule has 26 heavy (non-hydrogen) atoms. The third kappa shape index (κ3) is 2.66. The van der Waals surface area contributed by atoms with Crippen molar-refractivity contribution in [1.82, 2.24) is 0 Å². The van der Waals surface area contributed by atoms with Crippen LogP contribution in [0.1, 0.15) is 17.3 Å². The van der Waals surface area contributed by atoms with Crippen LogP contribution in [0, 0.1) is 3.57 Å². The maximum absolute atomic E-state index is 13.0. The zero-order valence-electron chi connectivity index (χ0n) is 13.9. The maximum Gasteiger partial charge on any atom is 0.262 e. The van der Waals surface area contributed by atoms with Gasteiger partial charge in [0.15, 0.2) is 0 Å². The monoisotopic (exact) mass is 478 g/mol. The summed E-state index contributed by atoms with van der Waals surface area (Å²) in [7, 11) is -3.78. The molecular formula is C19H15IN2O3S. The van der Waals surface area contributed by atoms with E-state index in [0.717, 1.165) is 9.26 Å². The molecule has 1 N–H and O–H groups in total. The second kappa shape index (κ2) is 6.24. The van der Waals surface area contributed by atoms with Crippen molar-refractivity contribution in [3.63, 3.8) is 0 Å². The average Bonchev–Trinajstić information content (AvgIpc) is 2.90. The molecule has 0 spiro atoms. The molecular weight excluding hydrogens is 463 g/mol. The van der Waals surface area contributed by atoms with Gasteiger partial charge in [0.2, 0.25) is 0 Å². The minimum atomic E-state index is -3.78. The Morgan fingerprint density at radius 2 is 1.77 bits per heavy atom. The van der Waals surface area contributed by atoms with Crippen LogP contribution in [-0.2, 0) is 10.0 Å². The third-order valence-electron chi connectivity index (χ3n) is 4.45. The summed E-state index contributed by atoms with van der Waals surface area (Å²) in [6.45, 7) is 2.44. The normalized spacial score (nSPS) is 13.5. The Bertz CT molecular complexity index is 1140. The lowest BCUT2D eigenvalue weighted by atomic mass is 10.1. The molecule has 3 aromatic rings. The number of sulfonamides is 1. The maximum atomic E-state index is 13.0. The van der Waals surface area contributed by atoms with E-state index in [1.807, 2.05) is 19.1 Å². The van der Waals surface area contributed by atoms with Crippen LogP contribution in [0.4, 0.5) is 11.4 Å². The van der Waals surface area contributed by atoms with Crippen LogP contribution in [-0.4, -0.2) is 20.9 Å². The number of nitrogens with one attached hydrogen (secondary N) is 1. The number of hydrogen-bond donors (Lipinski definition) is 1. The van der Waals surface area contributed by atoms with Gasteiger partial charge in [-0.1, -0.05) is 12.1 Å². The van der Waals surface area contributed by atoms with Gasteiger partial charge in [-0.15, -0.1) is 0 Å². The predicted molar refractivity (Wildman–Crippen MR) is 111 cm³/mol. The molecule has 0 unspecified atom stereocenters. The Morgan fingerprint density at radius 1 is 1.04 bits per heavy atom. The van der Waals surface area contributed by atoms with Gasteiger partial charge < -0.3 is 4.90 Å². The number of amides is 1. The molecule has 1 aliphatic rings. The van der Waals surface area contributed by atoms with Gasteiger partial charge in [-0.2, -0.15) is 0 Å². The number of nitrogens with zero attached hydrogens (tertiary/aromatic N) is 1. The quantitative estimate of drug-likeness (QED) is 0.571. The molecule has 1 amide bonds. The molecule has 0 fully saturated rings. The number of hydrogen-bond acceptors (Lipinski definition) is 3. The number of carbonyl (C=O) groups is 1. The van der Waals surface area contributed by atoms with Crippen LogP contribution in [0.15, 0.2) is 59.5 Å². The average molecular weight is 478 g/mol. The lowest BCUT2D eigenvalue weighted by molar-refractivity contribution is 0.0994. The van der Waals surface area contributed by atoms with Crippen molar-refractivity contribution in [3.05, 3.63) is 63.7 Å². The highest BCUT2D eigenvalue weighted by molar-refractivity contribution is 14.1. The van der Waals surface area contributed by atoms with Crippen molar-refractivity contribution in [2.45, 2.75) is 11.8 Å². The molecule has 0 aromatic heterocycles. The molecule has 0 saturated heterocycles. The molecule has 0 saturated carbocycles. The fourth-order valence-electron chi connectivity index (χ4n) is 3.30. The van der Waals surface area contributed by atoms with Gasteiger partial charge >= 0.3 is 0 Å². The molecule has 0 radical (unpaired) electrons. The molecule has 1 aliphatic heterocycles. The van der Waals surface area contributed by atoms with Crippen molar-refractivity contribution in [2.24, 2.45) is 0 Å². The standard InChI is InChI=1S/C19H15IN2O3S/c1-2-22-16-10-11-17(14-4-3-5-15(18(14)16)19(22)23)26(24,25)21-13-8-6-12(20)7-9-13/h3-11,21H,2H2,1H3. The summed E-state index contributed by atoms with van der Waals surface area (Å²) in [5.41, 5.74) is 1.81. The Labute approximate surface area is 165 Å². The van der Waals surface area contributed by atoms with Crippen molar-refractivity contribution >= 4 is 60.7 Å². The molecule has 3 aromatic carbocycles. The molecule has 7 heteroatoms. The van der Waals surface area contributed by atoms with Crippen LogP contribution < -0.4 is 9.62 Å². The highest BCUT2D eigenvalue weighted by Crippen LogP contribution is 2.40. The molecule has 0 aliphatic carbocycles. The minimum absolute atomic E-state index is 0.0896. The highest BCUT2D eigenvalue weighted by atomic mass is 127. The van der Waals surface area contributed by atoms with E-state index in [1.54, 1.807) is 47.4 Å². The first kappa shape index (κ1) is 17.3. The smallest absolute Gasteiger partial charge is 0.262 e. The number of carbonyl (C=O) groups excluding carboxylic acids is 1. The van der Waals surface area contributed by atoms with Crippen LogP contribution in [0.2, 0.25) is 0 Å². The summed E-state index contributed by atoms with van der Waals surface area (Å²) in [5, 5.41) is 1.26. The van der Waals surface area contributed by atoms with Gasteiger partial charge in [0.1, 0.15) is 0 Å². The minimum Gasteiger partial charge on any atom is -0.308 e. The number of benzene rings is 3. The topological polar surface area (TPSA) is 66.5 Å². The van der Waals surface area contributed by atoms with E-state index in [9.17, 15) is 13.2 Å².